The first-order valence-electron chi connectivity index (χ1n) is 10.1. The Morgan fingerprint density at radius 2 is 1.94 bits per heavy atom. The number of nitrogens with zero attached hydrogens (tertiary/aromatic N) is 2. The van der Waals surface area contributed by atoms with E-state index >= 15 is 0 Å². The topological polar surface area (TPSA) is 81.2 Å². The highest BCUT2D eigenvalue weighted by molar-refractivity contribution is 6.32. The highest BCUT2D eigenvalue weighted by Crippen LogP contribution is 2.30. The lowest BCUT2D eigenvalue weighted by molar-refractivity contribution is 0.0526. The van der Waals surface area contributed by atoms with Gasteiger partial charge in [-0.05, 0) is 61.9 Å². The van der Waals surface area contributed by atoms with Crippen molar-refractivity contribution in [2.45, 2.75) is 13.8 Å². The first-order valence-corrected chi connectivity index (χ1v) is 10.4. The number of esters is 1. The standard InChI is InChI=1S/C25H20ClN3O3/c1-3-32-25(31)16-6-4-8-18(12-16)28-24(30)20-13-22(17-7-5-11-27-14-17)29-23-15(2)21(26)10-9-19(20)23/h4-14H,3H2,1-2H3,(H,28,30). The second-order valence-corrected chi connectivity index (χ2v) is 7.53. The van der Waals surface area contributed by atoms with Gasteiger partial charge in [-0.25, -0.2) is 9.78 Å². The van der Waals surface area contributed by atoms with Gasteiger partial charge in [0, 0.05) is 34.1 Å². The number of benzene rings is 2. The number of ether oxygens (including phenoxy) is 1. The van der Waals surface area contributed by atoms with E-state index in [4.69, 9.17) is 21.3 Å². The summed E-state index contributed by atoms with van der Waals surface area (Å²) in [6.07, 6.45) is 3.37. The van der Waals surface area contributed by atoms with Gasteiger partial charge >= 0.3 is 5.97 Å². The first-order chi connectivity index (χ1) is 15.5. The Morgan fingerprint density at radius 3 is 2.69 bits per heavy atom. The van der Waals surface area contributed by atoms with Crippen LogP contribution in [-0.4, -0.2) is 28.5 Å². The summed E-state index contributed by atoms with van der Waals surface area (Å²) in [5.74, 6) is -0.771. The van der Waals surface area contributed by atoms with Crippen LogP contribution in [0.4, 0.5) is 5.69 Å². The number of fused-ring (bicyclic) bond motifs is 1. The third kappa shape index (κ3) is 4.31. The van der Waals surface area contributed by atoms with Crippen LogP contribution in [-0.2, 0) is 4.74 Å². The number of aromatic nitrogens is 2. The van der Waals surface area contributed by atoms with Crippen LogP contribution in [0.25, 0.3) is 22.2 Å². The summed E-state index contributed by atoms with van der Waals surface area (Å²) in [6.45, 7) is 3.89. The van der Waals surface area contributed by atoms with Gasteiger partial charge in [-0.2, -0.15) is 0 Å². The van der Waals surface area contributed by atoms with E-state index in [0.717, 1.165) is 11.1 Å². The fourth-order valence-electron chi connectivity index (χ4n) is 3.39. The average Bonchev–Trinajstić information content (AvgIpc) is 2.82. The van der Waals surface area contributed by atoms with E-state index in [-0.39, 0.29) is 12.5 Å². The van der Waals surface area contributed by atoms with Crippen LogP contribution in [0.5, 0.6) is 0 Å². The van der Waals surface area contributed by atoms with E-state index in [9.17, 15) is 9.59 Å². The van der Waals surface area contributed by atoms with E-state index in [1.807, 2.05) is 19.1 Å². The molecule has 0 aliphatic carbocycles. The van der Waals surface area contributed by atoms with Crippen LogP contribution in [0.3, 0.4) is 0 Å². The fraction of sp³-hybridized carbons (Fsp3) is 0.120. The van der Waals surface area contributed by atoms with E-state index in [2.05, 4.69) is 10.3 Å². The third-order valence-electron chi connectivity index (χ3n) is 5.00. The van der Waals surface area contributed by atoms with Crippen molar-refractivity contribution in [3.63, 3.8) is 0 Å². The maximum atomic E-state index is 13.3. The lowest BCUT2D eigenvalue weighted by Gasteiger charge is -2.13. The lowest BCUT2D eigenvalue weighted by Crippen LogP contribution is -2.14. The number of carbonyl (C=O) groups excluding carboxylic acids is 2. The van der Waals surface area contributed by atoms with E-state index in [1.165, 1.54) is 0 Å². The normalized spacial score (nSPS) is 10.7. The number of nitrogens with one attached hydrogen (secondary N) is 1. The van der Waals surface area contributed by atoms with Gasteiger partial charge in [0.15, 0.2) is 0 Å². The molecule has 7 heteroatoms. The van der Waals surface area contributed by atoms with Crippen molar-refractivity contribution in [1.82, 2.24) is 9.97 Å². The molecule has 0 unspecified atom stereocenters. The molecule has 0 atom stereocenters. The summed E-state index contributed by atoms with van der Waals surface area (Å²) in [4.78, 5) is 34.3. The lowest BCUT2D eigenvalue weighted by atomic mass is 10.0. The number of carbonyl (C=O) groups is 2. The van der Waals surface area contributed by atoms with Crippen LogP contribution in [0.1, 0.15) is 33.2 Å². The SMILES string of the molecule is CCOC(=O)c1cccc(NC(=O)c2cc(-c3cccnc3)nc3c(C)c(Cl)ccc23)c1. The Bertz CT molecular complexity index is 1320. The van der Waals surface area contributed by atoms with Crippen LogP contribution >= 0.6 is 11.6 Å². The molecule has 0 spiro atoms. The molecule has 1 N–H and O–H groups in total. The second-order valence-electron chi connectivity index (χ2n) is 7.12. The zero-order valence-corrected chi connectivity index (χ0v) is 18.3. The minimum atomic E-state index is -0.443. The van der Waals surface area contributed by atoms with Gasteiger partial charge in [-0.1, -0.05) is 23.7 Å². The fourth-order valence-corrected chi connectivity index (χ4v) is 3.54. The second kappa shape index (κ2) is 9.16. The molecule has 1 amide bonds. The average molecular weight is 446 g/mol. The van der Waals surface area contributed by atoms with Gasteiger partial charge in [-0.3, -0.25) is 9.78 Å². The van der Waals surface area contributed by atoms with E-state index in [1.54, 1.807) is 61.8 Å². The number of anilines is 1. The number of hydrogen-bond acceptors (Lipinski definition) is 5. The molecule has 0 saturated carbocycles. The summed E-state index contributed by atoms with van der Waals surface area (Å²) >= 11 is 6.32. The molecular weight excluding hydrogens is 426 g/mol. The molecule has 0 aliphatic heterocycles. The highest BCUT2D eigenvalue weighted by Gasteiger charge is 2.17. The molecule has 6 nitrogen and oxygen atoms in total. The maximum Gasteiger partial charge on any atom is 0.338 e. The number of amides is 1. The molecule has 0 aliphatic rings. The Morgan fingerprint density at radius 1 is 1.09 bits per heavy atom. The molecule has 0 radical (unpaired) electrons. The molecule has 4 rings (SSSR count). The largest absolute Gasteiger partial charge is 0.462 e. The zero-order chi connectivity index (χ0) is 22.7. The summed E-state index contributed by atoms with van der Waals surface area (Å²) in [5, 5.41) is 4.13. The predicted molar refractivity (Wildman–Crippen MR) is 125 cm³/mol. The molecule has 4 aromatic rings. The van der Waals surface area contributed by atoms with Crippen molar-refractivity contribution in [2.75, 3.05) is 11.9 Å². The van der Waals surface area contributed by atoms with Gasteiger partial charge in [0.2, 0.25) is 0 Å². The Hall–Kier alpha value is -3.77. The van der Waals surface area contributed by atoms with Gasteiger partial charge in [0.1, 0.15) is 0 Å². The molecular formula is C25H20ClN3O3. The maximum absolute atomic E-state index is 13.3. The minimum Gasteiger partial charge on any atom is -0.462 e. The number of pyridine rings is 2. The van der Waals surface area contributed by atoms with Crippen molar-refractivity contribution in [3.8, 4) is 11.3 Å². The molecule has 0 bridgehead atoms. The molecule has 2 aromatic carbocycles. The monoisotopic (exact) mass is 445 g/mol. The number of rotatable bonds is 5. The molecule has 32 heavy (non-hydrogen) atoms. The quantitative estimate of drug-likeness (QED) is 0.399. The first kappa shape index (κ1) is 21.5. The van der Waals surface area contributed by atoms with Crippen molar-refractivity contribution in [1.29, 1.82) is 0 Å². The van der Waals surface area contributed by atoms with Crippen molar-refractivity contribution in [2.24, 2.45) is 0 Å². The van der Waals surface area contributed by atoms with Crippen LogP contribution < -0.4 is 5.32 Å². The van der Waals surface area contributed by atoms with Crippen molar-refractivity contribution < 1.29 is 14.3 Å². The van der Waals surface area contributed by atoms with Crippen LogP contribution in [0.2, 0.25) is 5.02 Å². The number of aryl methyl sites for hydroxylation is 1. The summed E-state index contributed by atoms with van der Waals surface area (Å²) in [6, 6.07) is 15.6. The zero-order valence-electron chi connectivity index (χ0n) is 17.6. The van der Waals surface area contributed by atoms with Crippen molar-refractivity contribution >= 4 is 40.1 Å². The Labute approximate surface area is 190 Å². The Kier molecular flexibility index (Phi) is 6.14. The number of hydrogen-bond donors (Lipinski definition) is 1. The Balaban J connectivity index is 1.78. The molecule has 0 fully saturated rings. The molecule has 2 aromatic heterocycles. The van der Waals surface area contributed by atoms with Gasteiger partial charge in [-0.15, -0.1) is 0 Å². The minimum absolute atomic E-state index is 0.275. The van der Waals surface area contributed by atoms with E-state index in [0.29, 0.717) is 38.4 Å². The summed E-state index contributed by atoms with van der Waals surface area (Å²) in [7, 11) is 0. The van der Waals surface area contributed by atoms with E-state index < -0.39 is 5.97 Å². The molecule has 2 heterocycles. The predicted octanol–water partition coefficient (Wildman–Crippen LogP) is 5.69. The molecule has 0 saturated heterocycles. The van der Waals surface area contributed by atoms with Crippen LogP contribution in [0.15, 0.2) is 67.0 Å². The number of halogens is 1. The van der Waals surface area contributed by atoms with Crippen LogP contribution in [0, 0.1) is 6.92 Å². The van der Waals surface area contributed by atoms with Gasteiger partial charge in [0.25, 0.3) is 5.91 Å². The smallest absolute Gasteiger partial charge is 0.338 e. The third-order valence-corrected chi connectivity index (χ3v) is 5.41. The van der Waals surface area contributed by atoms with Crippen molar-refractivity contribution in [3.05, 3.63) is 88.7 Å². The molecule has 160 valence electrons. The van der Waals surface area contributed by atoms with Gasteiger partial charge < -0.3 is 10.1 Å². The summed E-state index contributed by atoms with van der Waals surface area (Å²) < 4.78 is 5.04. The van der Waals surface area contributed by atoms with Gasteiger partial charge in [0.05, 0.1) is 28.9 Å². The highest BCUT2D eigenvalue weighted by atomic mass is 35.5. The summed E-state index contributed by atoms with van der Waals surface area (Å²) in [5.41, 5.74) is 4.11.